The highest BCUT2D eigenvalue weighted by molar-refractivity contribution is 5.86. The first kappa shape index (κ1) is 23.5. The summed E-state index contributed by atoms with van der Waals surface area (Å²) in [7, 11) is 0. The van der Waals surface area contributed by atoms with Gasteiger partial charge in [-0.15, -0.1) is 0 Å². The maximum absolute atomic E-state index is 13.1. The molecule has 2 rings (SSSR count). The second-order valence-electron chi connectivity index (χ2n) is 7.48. The number of carbonyl (C=O) groups is 3. The molecule has 8 heteroatoms. The number of ether oxygens (including phenoxy) is 1. The van der Waals surface area contributed by atoms with Crippen molar-refractivity contribution in [3.63, 3.8) is 0 Å². The number of esters is 1. The second-order valence-corrected chi connectivity index (χ2v) is 7.48. The first-order chi connectivity index (χ1) is 14.4. The molecule has 3 N–H and O–H groups in total. The van der Waals surface area contributed by atoms with E-state index >= 15 is 0 Å². The number of nitrogens with one attached hydrogen (secondary N) is 2. The molecule has 1 aromatic carbocycles. The van der Waals surface area contributed by atoms with Crippen molar-refractivity contribution >= 4 is 17.8 Å². The van der Waals surface area contributed by atoms with Gasteiger partial charge in [-0.1, -0.05) is 24.3 Å². The zero-order valence-corrected chi connectivity index (χ0v) is 17.1. The summed E-state index contributed by atoms with van der Waals surface area (Å²) < 4.78 is 18.5. The molecule has 1 aliphatic rings. The Labute approximate surface area is 175 Å². The number of aliphatic hydroxyl groups is 1. The highest BCUT2D eigenvalue weighted by atomic mass is 19.1. The molecule has 0 unspecified atom stereocenters. The number of aliphatic hydroxyl groups excluding tert-OH is 1. The lowest BCUT2D eigenvalue weighted by atomic mass is 9.94. The molecule has 0 aromatic heterocycles. The quantitative estimate of drug-likeness (QED) is 0.478. The summed E-state index contributed by atoms with van der Waals surface area (Å²) >= 11 is 0. The summed E-state index contributed by atoms with van der Waals surface area (Å²) in [4.78, 5) is 37.0. The highest BCUT2D eigenvalue weighted by Gasteiger charge is 2.25. The summed E-state index contributed by atoms with van der Waals surface area (Å²) in [6.45, 7) is 1.73. The van der Waals surface area contributed by atoms with Crippen molar-refractivity contribution in [2.45, 2.75) is 38.6 Å². The molecule has 3 atom stereocenters. The molecule has 7 nitrogen and oxygen atoms in total. The average molecular weight is 420 g/mol. The molecule has 2 amide bonds. The van der Waals surface area contributed by atoms with Gasteiger partial charge in [0.15, 0.2) is 0 Å². The lowest BCUT2D eigenvalue weighted by Crippen LogP contribution is -2.42. The number of benzene rings is 1. The molecule has 0 radical (unpaired) electrons. The van der Waals surface area contributed by atoms with Gasteiger partial charge in [0, 0.05) is 13.0 Å². The van der Waals surface area contributed by atoms with Crippen molar-refractivity contribution in [1.29, 1.82) is 0 Å². The number of cyclic esters (lactones) is 1. The van der Waals surface area contributed by atoms with Crippen LogP contribution in [-0.2, 0) is 25.5 Å². The summed E-state index contributed by atoms with van der Waals surface area (Å²) in [5.74, 6) is -2.29. The summed E-state index contributed by atoms with van der Waals surface area (Å²) in [6.07, 6.45) is 4.78. The molecule has 0 saturated carbocycles. The van der Waals surface area contributed by atoms with Crippen LogP contribution in [0.3, 0.4) is 0 Å². The fraction of sp³-hybridized carbons (Fsp3) is 0.500. The van der Waals surface area contributed by atoms with Crippen LogP contribution in [0.5, 0.6) is 0 Å². The third-order valence-corrected chi connectivity index (χ3v) is 4.84. The Kier molecular flexibility index (Phi) is 9.47. The standard InChI is InChI=1S/C22H29FN2O5/c1-15-14-30-22(29)18(12-16-6-8-19(23)9-7-16)5-3-2-4-17(21(28)25-15)13-20(27)24-10-11-26/h2-3,6-9,15,17-18,26H,4-5,10-14H2,1H3,(H,24,27)(H,25,28)/b3-2-/t15-,17-,18-/m0/s1. The monoisotopic (exact) mass is 420 g/mol. The van der Waals surface area contributed by atoms with Gasteiger partial charge >= 0.3 is 5.97 Å². The number of hydrogen-bond donors (Lipinski definition) is 3. The Hall–Kier alpha value is -2.74. The van der Waals surface area contributed by atoms with Gasteiger partial charge in [0.1, 0.15) is 12.4 Å². The minimum Gasteiger partial charge on any atom is -0.463 e. The van der Waals surface area contributed by atoms with Crippen LogP contribution >= 0.6 is 0 Å². The van der Waals surface area contributed by atoms with Crippen LogP contribution in [0.1, 0.15) is 31.7 Å². The Balaban J connectivity index is 2.08. The van der Waals surface area contributed by atoms with E-state index in [0.29, 0.717) is 19.3 Å². The molecule has 164 valence electrons. The van der Waals surface area contributed by atoms with Crippen molar-refractivity contribution in [3.05, 3.63) is 47.8 Å². The average Bonchev–Trinajstić information content (AvgIpc) is 2.72. The predicted octanol–water partition coefficient (Wildman–Crippen LogP) is 1.50. The fourth-order valence-corrected chi connectivity index (χ4v) is 3.19. The third kappa shape index (κ3) is 7.94. The summed E-state index contributed by atoms with van der Waals surface area (Å²) in [5.41, 5.74) is 0.832. The van der Waals surface area contributed by atoms with E-state index < -0.39 is 17.9 Å². The van der Waals surface area contributed by atoms with Crippen molar-refractivity contribution in [2.75, 3.05) is 19.8 Å². The van der Waals surface area contributed by atoms with E-state index in [1.165, 1.54) is 12.1 Å². The molecule has 0 saturated heterocycles. The van der Waals surface area contributed by atoms with Crippen LogP contribution in [0.2, 0.25) is 0 Å². The molecule has 0 spiro atoms. The number of carbonyl (C=O) groups excluding carboxylic acids is 3. The zero-order chi connectivity index (χ0) is 21.9. The Morgan fingerprint density at radius 1 is 1.20 bits per heavy atom. The van der Waals surface area contributed by atoms with Crippen LogP contribution < -0.4 is 10.6 Å². The first-order valence-corrected chi connectivity index (χ1v) is 10.1. The largest absolute Gasteiger partial charge is 0.463 e. The van der Waals surface area contributed by atoms with E-state index in [0.717, 1.165) is 5.56 Å². The van der Waals surface area contributed by atoms with Gasteiger partial charge in [-0.25, -0.2) is 4.39 Å². The van der Waals surface area contributed by atoms with Crippen molar-refractivity contribution < 1.29 is 28.6 Å². The number of rotatable bonds is 6. The van der Waals surface area contributed by atoms with E-state index in [4.69, 9.17) is 9.84 Å². The van der Waals surface area contributed by atoms with Crippen LogP contribution in [0.25, 0.3) is 0 Å². The van der Waals surface area contributed by atoms with E-state index in [2.05, 4.69) is 10.6 Å². The van der Waals surface area contributed by atoms with Gasteiger partial charge in [0.25, 0.3) is 0 Å². The minimum absolute atomic E-state index is 0.00168. The third-order valence-electron chi connectivity index (χ3n) is 4.84. The molecular formula is C22H29FN2O5. The topological polar surface area (TPSA) is 105 Å². The Morgan fingerprint density at radius 3 is 2.53 bits per heavy atom. The first-order valence-electron chi connectivity index (χ1n) is 10.1. The molecule has 1 aromatic rings. The van der Waals surface area contributed by atoms with E-state index in [1.54, 1.807) is 25.1 Å². The fourth-order valence-electron chi connectivity index (χ4n) is 3.19. The van der Waals surface area contributed by atoms with Gasteiger partial charge < -0.3 is 20.5 Å². The predicted molar refractivity (Wildman–Crippen MR) is 109 cm³/mol. The molecule has 30 heavy (non-hydrogen) atoms. The number of amides is 2. The van der Waals surface area contributed by atoms with Crippen molar-refractivity contribution in [2.24, 2.45) is 11.8 Å². The molecule has 1 heterocycles. The molecular weight excluding hydrogens is 391 g/mol. The minimum atomic E-state index is -0.562. The number of allylic oxidation sites excluding steroid dienone is 2. The summed E-state index contributed by atoms with van der Waals surface area (Å²) in [6, 6.07) is 5.60. The van der Waals surface area contributed by atoms with Crippen LogP contribution in [-0.4, -0.2) is 48.7 Å². The number of hydrogen-bond acceptors (Lipinski definition) is 5. The molecule has 0 bridgehead atoms. The molecule has 0 aliphatic carbocycles. The van der Waals surface area contributed by atoms with Crippen LogP contribution in [0.4, 0.5) is 4.39 Å². The van der Waals surface area contributed by atoms with Crippen LogP contribution in [0, 0.1) is 17.7 Å². The molecule has 1 aliphatic heterocycles. The lowest BCUT2D eigenvalue weighted by Gasteiger charge is -2.22. The van der Waals surface area contributed by atoms with Gasteiger partial charge in [0.2, 0.25) is 11.8 Å². The number of halogens is 1. The van der Waals surface area contributed by atoms with Gasteiger partial charge in [-0.3, -0.25) is 14.4 Å². The van der Waals surface area contributed by atoms with Crippen molar-refractivity contribution in [1.82, 2.24) is 10.6 Å². The smallest absolute Gasteiger partial charge is 0.309 e. The summed E-state index contributed by atoms with van der Waals surface area (Å²) in [5, 5.41) is 14.1. The Morgan fingerprint density at radius 2 is 1.87 bits per heavy atom. The molecule has 0 fully saturated rings. The second kappa shape index (κ2) is 12.1. The Bertz CT molecular complexity index is 750. The highest BCUT2D eigenvalue weighted by Crippen LogP contribution is 2.18. The maximum atomic E-state index is 13.1. The lowest BCUT2D eigenvalue weighted by molar-refractivity contribution is -0.149. The van der Waals surface area contributed by atoms with E-state index in [9.17, 15) is 18.8 Å². The van der Waals surface area contributed by atoms with Gasteiger partial charge in [-0.2, -0.15) is 0 Å². The maximum Gasteiger partial charge on any atom is 0.309 e. The van der Waals surface area contributed by atoms with Gasteiger partial charge in [0.05, 0.1) is 24.5 Å². The SMILES string of the molecule is C[C@H]1COC(=O)[C@H](Cc2ccc(F)cc2)C/C=C\C[C@@H](CC(=O)NCCO)C(=O)N1. The zero-order valence-electron chi connectivity index (χ0n) is 17.1. The van der Waals surface area contributed by atoms with Crippen LogP contribution in [0.15, 0.2) is 36.4 Å². The van der Waals surface area contributed by atoms with E-state index in [1.807, 2.05) is 6.08 Å². The van der Waals surface area contributed by atoms with Gasteiger partial charge in [-0.05, 0) is 43.9 Å². The normalized spacial score (nSPS) is 24.0. The van der Waals surface area contributed by atoms with E-state index in [-0.39, 0.29) is 49.8 Å². The van der Waals surface area contributed by atoms with Crippen molar-refractivity contribution in [3.8, 4) is 0 Å².